The highest BCUT2D eigenvalue weighted by Crippen LogP contribution is 2.42. The number of hydrogen-bond donors (Lipinski definition) is 0. The lowest BCUT2D eigenvalue weighted by Crippen LogP contribution is -2.29. The van der Waals surface area contributed by atoms with E-state index in [0.717, 1.165) is 23.2 Å². The molecule has 32 heavy (non-hydrogen) atoms. The van der Waals surface area contributed by atoms with E-state index in [1.54, 1.807) is 29.2 Å². The number of aryl methyl sites for hydroxylation is 1. The number of nitrogens with zero attached hydrogens (tertiary/aromatic N) is 1. The lowest BCUT2D eigenvalue weighted by Gasteiger charge is -2.26. The topological polar surface area (TPSA) is 59.8 Å². The Morgan fingerprint density at radius 1 is 0.969 bits per heavy atom. The fraction of sp³-hybridized carbons (Fsp3) is 0.185. The van der Waals surface area contributed by atoms with Crippen molar-refractivity contribution < 1.29 is 13.9 Å². The third-order valence-corrected chi connectivity index (χ3v) is 5.70. The van der Waals surface area contributed by atoms with Crippen LogP contribution in [-0.2, 0) is 0 Å². The van der Waals surface area contributed by atoms with Crippen molar-refractivity contribution >= 4 is 22.6 Å². The van der Waals surface area contributed by atoms with Crippen molar-refractivity contribution in [3.8, 4) is 5.75 Å². The van der Waals surface area contributed by atoms with Gasteiger partial charge in [0.05, 0.1) is 23.6 Å². The molecule has 5 heteroatoms. The van der Waals surface area contributed by atoms with Crippen LogP contribution in [0.2, 0.25) is 0 Å². The van der Waals surface area contributed by atoms with Gasteiger partial charge in [-0.05, 0) is 60.9 Å². The summed E-state index contributed by atoms with van der Waals surface area (Å²) in [5.74, 6) is 0.484. The van der Waals surface area contributed by atoms with Crippen LogP contribution < -0.4 is 15.1 Å². The van der Waals surface area contributed by atoms with Crippen molar-refractivity contribution in [2.24, 2.45) is 0 Å². The van der Waals surface area contributed by atoms with Gasteiger partial charge in [0.15, 0.2) is 5.43 Å². The van der Waals surface area contributed by atoms with Crippen LogP contribution in [0.5, 0.6) is 5.75 Å². The first-order chi connectivity index (χ1) is 15.6. The van der Waals surface area contributed by atoms with Gasteiger partial charge in [-0.25, -0.2) is 0 Å². The van der Waals surface area contributed by atoms with Crippen molar-refractivity contribution in [1.82, 2.24) is 0 Å². The molecule has 1 amide bonds. The molecule has 5 nitrogen and oxygen atoms in total. The Morgan fingerprint density at radius 2 is 1.78 bits per heavy atom. The maximum atomic E-state index is 13.6. The minimum atomic E-state index is -0.606. The van der Waals surface area contributed by atoms with Gasteiger partial charge in [-0.15, -0.1) is 0 Å². The number of amides is 1. The fourth-order valence-corrected chi connectivity index (χ4v) is 4.27. The third-order valence-electron chi connectivity index (χ3n) is 5.70. The number of ether oxygens (including phenoxy) is 1. The summed E-state index contributed by atoms with van der Waals surface area (Å²) < 4.78 is 11.8. The molecule has 0 bridgehead atoms. The zero-order valence-electron chi connectivity index (χ0n) is 18.0. The Balaban J connectivity index is 1.76. The second-order valence-electron chi connectivity index (χ2n) is 8.01. The van der Waals surface area contributed by atoms with E-state index < -0.39 is 6.04 Å². The normalized spacial score (nSPS) is 15.2. The van der Waals surface area contributed by atoms with Gasteiger partial charge in [0.25, 0.3) is 5.91 Å². The lowest BCUT2D eigenvalue weighted by atomic mass is 9.98. The molecule has 0 saturated carbocycles. The number of hydrogen-bond acceptors (Lipinski definition) is 4. The van der Waals surface area contributed by atoms with E-state index in [-0.39, 0.29) is 17.1 Å². The van der Waals surface area contributed by atoms with Crippen molar-refractivity contribution in [1.29, 1.82) is 0 Å². The predicted octanol–water partition coefficient (Wildman–Crippen LogP) is 5.64. The molecule has 1 aliphatic heterocycles. The zero-order valence-corrected chi connectivity index (χ0v) is 18.0. The number of anilines is 1. The number of carbonyl (C=O) groups excluding carboxylic acids is 1. The van der Waals surface area contributed by atoms with Crippen LogP contribution in [0.1, 0.15) is 46.6 Å². The smallest absolute Gasteiger partial charge is 0.295 e. The molecule has 0 aliphatic carbocycles. The molecule has 1 atom stereocenters. The molecule has 1 aliphatic rings. The highest BCUT2D eigenvalue weighted by molar-refractivity contribution is 6.10. The van der Waals surface area contributed by atoms with Gasteiger partial charge in [-0.1, -0.05) is 43.3 Å². The quantitative estimate of drug-likeness (QED) is 0.415. The van der Waals surface area contributed by atoms with Gasteiger partial charge < -0.3 is 9.15 Å². The molecule has 0 saturated heterocycles. The summed E-state index contributed by atoms with van der Waals surface area (Å²) >= 11 is 0. The minimum Gasteiger partial charge on any atom is -0.494 e. The molecule has 5 rings (SSSR count). The second kappa shape index (κ2) is 8.00. The third kappa shape index (κ3) is 3.26. The molecule has 1 unspecified atom stereocenters. The first-order valence-corrected chi connectivity index (χ1v) is 10.8. The van der Waals surface area contributed by atoms with Crippen LogP contribution in [-0.4, -0.2) is 12.5 Å². The monoisotopic (exact) mass is 425 g/mol. The summed E-state index contributed by atoms with van der Waals surface area (Å²) in [6.45, 7) is 4.62. The van der Waals surface area contributed by atoms with Crippen molar-refractivity contribution in [3.05, 3.63) is 105 Å². The Hall–Kier alpha value is -3.86. The summed E-state index contributed by atoms with van der Waals surface area (Å²) in [6.07, 6.45) is 0.889. The Morgan fingerprint density at radius 3 is 2.59 bits per heavy atom. The SMILES string of the molecule is CCCOc1cccc(C2c3c(oc4ccccc4c3=O)C(=O)N2c2cccc(C)c2)c1. The average Bonchev–Trinajstić information content (AvgIpc) is 3.10. The van der Waals surface area contributed by atoms with Crippen LogP contribution >= 0.6 is 0 Å². The van der Waals surface area contributed by atoms with Crippen molar-refractivity contribution in [3.63, 3.8) is 0 Å². The Kier molecular flexibility index (Phi) is 5.02. The van der Waals surface area contributed by atoms with E-state index in [1.165, 1.54) is 0 Å². The summed E-state index contributed by atoms with van der Waals surface area (Å²) in [5.41, 5.74) is 3.13. The second-order valence-corrected chi connectivity index (χ2v) is 8.01. The van der Waals surface area contributed by atoms with Crippen LogP contribution in [0.3, 0.4) is 0 Å². The van der Waals surface area contributed by atoms with Crippen molar-refractivity contribution in [2.75, 3.05) is 11.5 Å². The number of fused-ring (bicyclic) bond motifs is 2. The molecular weight excluding hydrogens is 402 g/mol. The summed E-state index contributed by atoms with van der Waals surface area (Å²) in [4.78, 5) is 28.8. The molecule has 0 N–H and O–H groups in total. The van der Waals surface area contributed by atoms with Gasteiger partial charge >= 0.3 is 0 Å². The molecule has 0 radical (unpaired) electrons. The Labute approximate surface area is 185 Å². The summed E-state index contributed by atoms with van der Waals surface area (Å²) in [5, 5.41) is 0.466. The van der Waals surface area contributed by atoms with E-state index in [9.17, 15) is 9.59 Å². The molecule has 3 aromatic carbocycles. The minimum absolute atomic E-state index is 0.0973. The van der Waals surface area contributed by atoms with Crippen LogP contribution in [0, 0.1) is 6.92 Å². The first kappa shape index (κ1) is 20.1. The number of para-hydroxylation sites is 1. The largest absolute Gasteiger partial charge is 0.494 e. The molecule has 0 spiro atoms. The van der Waals surface area contributed by atoms with Gasteiger partial charge in [-0.2, -0.15) is 0 Å². The highest BCUT2D eigenvalue weighted by atomic mass is 16.5. The summed E-state index contributed by atoms with van der Waals surface area (Å²) in [7, 11) is 0. The maximum absolute atomic E-state index is 13.6. The number of carbonyl (C=O) groups is 1. The summed E-state index contributed by atoms with van der Waals surface area (Å²) in [6, 6.07) is 21.7. The lowest BCUT2D eigenvalue weighted by molar-refractivity contribution is 0.0971. The first-order valence-electron chi connectivity index (χ1n) is 10.8. The average molecular weight is 425 g/mol. The van der Waals surface area contributed by atoms with E-state index in [4.69, 9.17) is 9.15 Å². The Bertz CT molecular complexity index is 1390. The molecular formula is C27H23NO4. The van der Waals surface area contributed by atoms with Gasteiger partial charge in [-0.3, -0.25) is 14.5 Å². The van der Waals surface area contributed by atoms with Gasteiger partial charge in [0.2, 0.25) is 5.76 Å². The molecule has 4 aromatic rings. The predicted molar refractivity (Wildman–Crippen MR) is 125 cm³/mol. The van der Waals surface area contributed by atoms with Crippen LogP contribution in [0.4, 0.5) is 5.69 Å². The van der Waals surface area contributed by atoms with E-state index >= 15 is 0 Å². The van der Waals surface area contributed by atoms with Crippen LogP contribution in [0.15, 0.2) is 82.0 Å². The fourth-order valence-electron chi connectivity index (χ4n) is 4.27. The number of rotatable bonds is 5. The number of benzene rings is 3. The van der Waals surface area contributed by atoms with Gasteiger partial charge in [0, 0.05) is 5.69 Å². The standard InChI is InChI=1S/C27H23NO4/c1-3-14-31-20-11-7-9-18(16-20)24-23-25(29)21-12-4-5-13-22(21)32-26(23)27(30)28(24)19-10-6-8-17(2)15-19/h4-13,15-16,24H,3,14H2,1-2H3. The van der Waals surface area contributed by atoms with E-state index in [0.29, 0.717) is 28.9 Å². The van der Waals surface area contributed by atoms with Crippen LogP contribution in [0.25, 0.3) is 11.0 Å². The van der Waals surface area contributed by atoms with E-state index in [2.05, 4.69) is 0 Å². The molecule has 160 valence electrons. The molecule has 0 fully saturated rings. The molecule has 2 heterocycles. The van der Waals surface area contributed by atoms with E-state index in [1.807, 2.05) is 62.4 Å². The molecule has 1 aromatic heterocycles. The zero-order chi connectivity index (χ0) is 22.2. The van der Waals surface area contributed by atoms with Gasteiger partial charge in [0.1, 0.15) is 11.3 Å². The van der Waals surface area contributed by atoms with Crippen molar-refractivity contribution in [2.45, 2.75) is 26.3 Å². The maximum Gasteiger partial charge on any atom is 0.295 e. The highest BCUT2D eigenvalue weighted by Gasteiger charge is 2.43.